The minimum absolute atomic E-state index is 0.102. The van der Waals surface area contributed by atoms with Crippen molar-refractivity contribution in [2.75, 3.05) is 25.2 Å². The van der Waals surface area contributed by atoms with Gasteiger partial charge in [0.15, 0.2) is 11.5 Å². The molecule has 1 aromatic heterocycles. The van der Waals surface area contributed by atoms with Crippen molar-refractivity contribution in [2.45, 2.75) is 25.4 Å². The van der Waals surface area contributed by atoms with Crippen LogP contribution >= 0.6 is 22.6 Å². The molecule has 2 N–H and O–H groups in total. The first-order valence-electron chi connectivity index (χ1n) is 14.0. The first-order chi connectivity index (χ1) is 20.4. The second-order valence-electron chi connectivity index (χ2n) is 10.8. The van der Waals surface area contributed by atoms with Gasteiger partial charge in [0.25, 0.3) is 0 Å². The number of imide groups is 1. The first kappa shape index (κ1) is 28.6. The molecular formula is C33H31IN2O6. The van der Waals surface area contributed by atoms with Crippen molar-refractivity contribution in [1.82, 2.24) is 4.98 Å². The van der Waals surface area contributed by atoms with E-state index in [4.69, 9.17) is 9.47 Å². The molecular weight excluding hydrogens is 647 g/mol. The van der Waals surface area contributed by atoms with E-state index in [1.165, 1.54) is 12.0 Å². The maximum atomic E-state index is 13.7. The van der Waals surface area contributed by atoms with Gasteiger partial charge >= 0.3 is 0 Å². The van der Waals surface area contributed by atoms with E-state index in [0.717, 1.165) is 28.0 Å². The second kappa shape index (κ2) is 12.0. The van der Waals surface area contributed by atoms with Gasteiger partial charge < -0.3 is 19.7 Å². The number of hydrogen-bond acceptors (Lipinski definition) is 7. The van der Waals surface area contributed by atoms with E-state index in [1.54, 1.807) is 24.4 Å². The molecule has 2 fully saturated rings. The number of hydrogen-bond donors (Lipinski definition) is 2. The number of aromatic nitrogens is 1. The Balaban J connectivity index is 1.28. The molecule has 2 aromatic carbocycles. The lowest BCUT2D eigenvalue weighted by Crippen LogP contribution is -2.35. The zero-order valence-electron chi connectivity index (χ0n) is 23.1. The van der Waals surface area contributed by atoms with Crippen molar-refractivity contribution in [3.63, 3.8) is 0 Å². The summed E-state index contributed by atoms with van der Waals surface area (Å²) in [5.74, 6) is -1.13. The average Bonchev–Trinajstić information content (AvgIpc) is 3.55. The van der Waals surface area contributed by atoms with Gasteiger partial charge in [-0.1, -0.05) is 24.3 Å². The number of carbonyl (C=O) groups excluding carboxylic acids is 2. The van der Waals surface area contributed by atoms with Crippen molar-refractivity contribution >= 4 is 51.7 Å². The Hall–Kier alpha value is -3.54. The highest BCUT2D eigenvalue weighted by molar-refractivity contribution is 14.1. The highest BCUT2D eigenvalue weighted by atomic mass is 127. The van der Waals surface area contributed by atoms with Crippen LogP contribution < -0.4 is 9.64 Å². The molecule has 0 spiro atoms. The number of halogens is 1. The lowest BCUT2D eigenvalue weighted by Gasteiger charge is -2.31. The van der Waals surface area contributed by atoms with Gasteiger partial charge in [0.05, 0.1) is 53.2 Å². The van der Waals surface area contributed by atoms with E-state index in [1.807, 2.05) is 48.5 Å². The van der Waals surface area contributed by atoms with E-state index in [9.17, 15) is 19.8 Å². The zero-order valence-corrected chi connectivity index (χ0v) is 25.2. The molecule has 42 heavy (non-hydrogen) atoms. The number of nitrogens with zero attached hydrogens (tertiary/aromatic N) is 2. The average molecular weight is 679 g/mol. The Morgan fingerprint density at radius 2 is 1.90 bits per heavy atom. The third kappa shape index (κ3) is 5.14. The van der Waals surface area contributed by atoms with Gasteiger partial charge in [-0.15, -0.1) is 0 Å². The summed E-state index contributed by atoms with van der Waals surface area (Å²) >= 11 is 2.08. The lowest BCUT2D eigenvalue weighted by atomic mass is 9.69. The molecule has 6 rings (SSSR count). The molecule has 3 aliphatic rings. The van der Waals surface area contributed by atoms with Gasteiger partial charge in [0, 0.05) is 12.1 Å². The number of benzene rings is 2. The van der Waals surface area contributed by atoms with Gasteiger partial charge in [-0.05, 0) is 107 Å². The lowest BCUT2D eigenvalue weighted by molar-refractivity contribution is -0.122. The number of aliphatic hydroxyl groups is 1. The predicted octanol–water partition coefficient (Wildman–Crippen LogP) is 5.23. The van der Waals surface area contributed by atoms with Crippen LogP contribution in [0.5, 0.6) is 11.5 Å². The fourth-order valence-corrected chi connectivity index (χ4v) is 7.22. The Bertz CT molecular complexity index is 1570. The maximum Gasteiger partial charge on any atom is 0.238 e. The fourth-order valence-electron chi connectivity index (χ4n) is 6.60. The second-order valence-corrected chi connectivity index (χ2v) is 12.0. The summed E-state index contributed by atoms with van der Waals surface area (Å²) < 4.78 is 12.4. The number of fused-ring (bicyclic) bond motifs is 3. The predicted molar refractivity (Wildman–Crippen MR) is 167 cm³/mol. The molecule has 1 aliphatic carbocycles. The molecule has 9 heteroatoms. The number of methoxy groups -OCH3 is 1. The number of para-hydroxylation sites is 1. The van der Waals surface area contributed by atoms with E-state index in [-0.39, 0.29) is 36.2 Å². The third-order valence-corrected chi connectivity index (χ3v) is 9.32. The van der Waals surface area contributed by atoms with Crippen LogP contribution in [0.2, 0.25) is 0 Å². The summed E-state index contributed by atoms with van der Waals surface area (Å²) in [4.78, 5) is 33.0. The van der Waals surface area contributed by atoms with Crippen LogP contribution in [0.15, 0.2) is 78.0 Å². The summed E-state index contributed by atoms with van der Waals surface area (Å²) in [5.41, 5.74) is 5.02. The summed E-state index contributed by atoms with van der Waals surface area (Å²) in [6.45, 7) is 0.165. The first-order valence-corrected chi connectivity index (χ1v) is 15.0. The van der Waals surface area contributed by atoms with Gasteiger partial charge in [-0.2, -0.15) is 0 Å². The zero-order chi connectivity index (χ0) is 29.4. The number of phenols is 1. The fraction of sp³-hybridized carbons (Fsp3) is 0.303. The minimum atomic E-state index is -0.495. The van der Waals surface area contributed by atoms with Crippen molar-refractivity contribution in [1.29, 1.82) is 0 Å². The van der Waals surface area contributed by atoms with Crippen LogP contribution in [-0.2, 0) is 14.3 Å². The monoisotopic (exact) mass is 678 g/mol. The number of carbonyl (C=O) groups is 2. The van der Waals surface area contributed by atoms with Gasteiger partial charge in [-0.3, -0.25) is 19.5 Å². The van der Waals surface area contributed by atoms with E-state index < -0.39 is 11.8 Å². The summed E-state index contributed by atoms with van der Waals surface area (Å²) in [7, 11) is 1.52. The van der Waals surface area contributed by atoms with Crippen molar-refractivity contribution in [2.24, 2.45) is 17.8 Å². The van der Waals surface area contributed by atoms with Crippen molar-refractivity contribution in [3.8, 4) is 11.5 Å². The van der Waals surface area contributed by atoms with Gasteiger partial charge in [-0.25, -0.2) is 0 Å². The van der Waals surface area contributed by atoms with Crippen LogP contribution in [-0.4, -0.2) is 53.4 Å². The number of phenolic OH excluding ortho intramolecular Hbond substituents is 1. The topological polar surface area (TPSA) is 109 Å². The number of anilines is 1. The van der Waals surface area contributed by atoms with E-state index in [2.05, 4.69) is 27.6 Å². The molecule has 0 bridgehead atoms. The Morgan fingerprint density at radius 1 is 1.12 bits per heavy atom. The Kier molecular flexibility index (Phi) is 8.15. The number of allylic oxidation sites excluding steroid dienone is 1. The third-order valence-electron chi connectivity index (χ3n) is 8.49. The summed E-state index contributed by atoms with van der Waals surface area (Å²) in [5, 5.41) is 20.7. The van der Waals surface area contributed by atoms with Gasteiger partial charge in [0.2, 0.25) is 11.8 Å². The highest BCUT2D eigenvalue weighted by Gasteiger charge is 2.57. The standard InChI is InChI=1S/C33H31IN2O6/c1-41-28-15-19(14-25(34)31(28)38)13-20(26-9-5-6-12-35-26)10-11-27-29-21(17-37)16-23-30(24(29)18-42-27)33(40)36(32(23)39)22-7-3-2-4-8-22/h2-9,12-15,23-24,27,30,37-38H,10-11,16-18H2,1H3/b20-13-/t23-,24+,27-,30-/m1/s1. The largest absolute Gasteiger partial charge is 0.504 e. The normalized spacial score (nSPS) is 23.8. The van der Waals surface area contributed by atoms with Crippen LogP contribution in [0, 0.1) is 21.3 Å². The van der Waals surface area contributed by atoms with E-state index >= 15 is 0 Å². The molecule has 3 aromatic rings. The molecule has 2 amide bonds. The number of ether oxygens (including phenoxy) is 2. The maximum absolute atomic E-state index is 13.7. The summed E-state index contributed by atoms with van der Waals surface area (Å²) in [6, 6.07) is 18.5. The molecule has 2 saturated heterocycles. The number of amides is 2. The molecule has 8 nitrogen and oxygen atoms in total. The quantitative estimate of drug-likeness (QED) is 0.191. The minimum Gasteiger partial charge on any atom is -0.504 e. The highest BCUT2D eigenvalue weighted by Crippen LogP contribution is 2.50. The molecule has 4 atom stereocenters. The number of rotatable bonds is 8. The van der Waals surface area contributed by atoms with Crippen molar-refractivity contribution in [3.05, 3.63) is 92.8 Å². The molecule has 0 radical (unpaired) electrons. The molecule has 216 valence electrons. The number of pyridine rings is 1. The molecule has 3 heterocycles. The van der Waals surface area contributed by atoms with Gasteiger partial charge in [0.1, 0.15) is 0 Å². The number of aromatic hydroxyl groups is 1. The van der Waals surface area contributed by atoms with Crippen molar-refractivity contribution < 1.29 is 29.3 Å². The van der Waals surface area contributed by atoms with Crippen LogP contribution in [0.25, 0.3) is 11.6 Å². The molecule has 0 saturated carbocycles. The Labute approximate surface area is 257 Å². The summed E-state index contributed by atoms with van der Waals surface area (Å²) in [6.07, 6.45) is 5.10. The Morgan fingerprint density at radius 3 is 2.62 bits per heavy atom. The smallest absolute Gasteiger partial charge is 0.238 e. The van der Waals surface area contributed by atoms with Crippen LogP contribution in [0.3, 0.4) is 0 Å². The molecule has 0 unspecified atom stereocenters. The molecule has 2 aliphatic heterocycles. The van der Waals surface area contributed by atoms with Crippen LogP contribution in [0.4, 0.5) is 5.69 Å². The van der Waals surface area contributed by atoms with Crippen LogP contribution in [0.1, 0.15) is 30.5 Å². The number of aliphatic hydroxyl groups excluding tert-OH is 1. The SMILES string of the molecule is COc1cc(/C=C(/CC[C@H]2OC[C@H]3C2=C(CO)C[C@H]2C(=O)N(c4ccccc4)C(=O)[C@H]23)c2ccccn2)cc(I)c1O. The van der Waals surface area contributed by atoms with E-state index in [0.29, 0.717) is 40.9 Å².